The van der Waals surface area contributed by atoms with Gasteiger partial charge in [0.15, 0.2) is 0 Å². The van der Waals surface area contributed by atoms with Crippen molar-refractivity contribution in [2.45, 2.75) is 26.3 Å². The van der Waals surface area contributed by atoms with Crippen LogP contribution in [0.4, 0.5) is 11.4 Å². The molecule has 0 saturated heterocycles. The van der Waals surface area contributed by atoms with Crippen LogP contribution in [0.25, 0.3) is 0 Å². The molecule has 2 rings (SSSR count). The average Bonchev–Trinajstić information content (AvgIpc) is 2.97. The molecule has 108 valence electrons. The molecule has 0 saturated carbocycles. The van der Waals surface area contributed by atoms with Gasteiger partial charge in [0.1, 0.15) is 5.75 Å². The molecule has 1 heterocycles. The molecule has 0 amide bonds. The van der Waals surface area contributed by atoms with Crippen LogP contribution in [0.1, 0.15) is 31.2 Å². The number of nitrogen functional groups attached to an aromatic ring is 1. The highest BCUT2D eigenvalue weighted by Crippen LogP contribution is 2.32. The van der Waals surface area contributed by atoms with Crippen LogP contribution in [0.15, 0.2) is 35.7 Å². The zero-order valence-corrected chi connectivity index (χ0v) is 13.1. The lowest BCUT2D eigenvalue weighted by molar-refractivity contribution is 0.317. The third kappa shape index (κ3) is 3.45. The molecule has 0 spiro atoms. The normalized spacial score (nSPS) is 12.2. The summed E-state index contributed by atoms with van der Waals surface area (Å²) in [6.45, 7) is 5.01. The van der Waals surface area contributed by atoms with E-state index in [1.54, 1.807) is 11.3 Å². The van der Waals surface area contributed by atoms with Gasteiger partial charge < -0.3 is 15.4 Å². The number of rotatable bonds is 6. The Kier molecular flexibility index (Phi) is 4.90. The van der Waals surface area contributed by atoms with Gasteiger partial charge in [0.2, 0.25) is 0 Å². The average molecular weight is 290 g/mol. The quantitative estimate of drug-likeness (QED) is 0.805. The van der Waals surface area contributed by atoms with Gasteiger partial charge in [0.05, 0.1) is 12.6 Å². The first kappa shape index (κ1) is 14.7. The van der Waals surface area contributed by atoms with Crippen molar-refractivity contribution < 1.29 is 4.74 Å². The Hall–Kier alpha value is -1.68. The second-order valence-electron chi connectivity index (χ2n) is 4.91. The van der Waals surface area contributed by atoms with E-state index in [4.69, 9.17) is 10.5 Å². The number of ether oxygens (including phenoxy) is 1. The molecule has 1 unspecified atom stereocenters. The summed E-state index contributed by atoms with van der Waals surface area (Å²) < 4.78 is 5.69. The maximum atomic E-state index is 5.98. The van der Waals surface area contributed by atoms with Crippen molar-refractivity contribution in [3.05, 3.63) is 40.6 Å². The first-order valence-corrected chi connectivity index (χ1v) is 7.79. The van der Waals surface area contributed by atoms with Crippen LogP contribution < -0.4 is 15.4 Å². The molecule has 2 N–H and O–H groups in total. The molecule has 0 fully saturated rings. The van der Waals surface area contributed by atoms with Crippen molar-refractivity contribution in [2.75, 3.05) is 24.3 Å². The van der Waals surface area contributed by atoms with E-state index in [0.29, 0.717) is 12.6 Å². The van der Waals surface area contributed by atoms with Crippen LogP contribution in [0, 0.1) is 0 Å². The molecular weight excluding hydrogens is 268 g/mol. The summed E-state index contributed by atoms with van der Waals surface area (Å²) in [5.41, 5.74) is 7.80. The van der Waals surface area contributed by atoms with Crippen LogP contribution in [-0.2, 0) is 0 Å². The van der Waals surface area contributed by atoms with E-state index in [-0.39, 0.29) is 0 Å². The molecule has 0 bridgehead atoms. The predicted octanol–water partition coefficient (Wildman–Crippen LogP) is 4.32. The van der Waals surface area contributed by atoms with Crippen LogP contribution >= 0.6 is 11.3 Å². The zero-order chi connectivity index (χ0) is 14.5. The third-order valence-electron chi connectivity index (χ3n) is 3.33. The summed E-state index contributed by atoms with van der Waals surface area (Å²) in [6, 6.07) is 10.5. The molecule has 4 heteroatoms. The van der Waals surface area contributed by atoms with Crippen molar-refractivity contribution >= 4 is 22.7 Å². The van der Waals surface area contributed by atoms with E-state index in [2.05, 4.69) is 49.4 Å². The van der Waals surface area contributed by atoms with Gasteiger partial charge in [-0.3, -0.25) is 0 Å². The van der Waals surface area contributed by atoms with E-state index in [9.17, 15) is 0 Å². The Bertz CT molecular complexity index is 539. The molecule has 0 aliphatic heterocycles. The summed E-state index contributed by atoms with van der Waals surface area (Å²) in [5.74, 6) is 0.840. The lowest BCUT2D eigenvalue weighted by Crippen LogP contribution is -2.21. The number of anilines is 2. The molecule has 1 atom stereocenters. The Morgan fingerprint density at radius 3 is 2.80 bits per heavy atom. The second kappa shape index (κ2) is 6.66. The number of benzene rings is 1. The molecule has 2 aromatic rings. The van der Waals surface area contributed by atoms with Crippen LogP contribution in [0.5, 0.6) is 5.75 Å². The van der Waals surface area contributed by atoms with Gasteiger partial charge in [0, 0.05) is 35.4 Å². The minimum Gasteiger partial charge on any atom is -0.493 e. The van der Waals surface area contributed by atoms with E-state index < -0.39 is 0 Å². The van der Waals surface area contributed by atoms with Gasteiger partial charge in [-0.25, -0.2) is 0 Å². The fourth-order valence-electron chi connectivity index (χ4n) is 2.06. The molecule has 0 radical (unpaired) electrons. The van der Waals surface area contributed by atoms with Crippen LogP contribution in [0.3, 0.4) is 0 Å². The monoisotopic (exact) mass is 290 g/mol. The minimum atomic E-state index is 0.316. The maximum absolute atomic E-state index is 5.98. The zero-order valence-electron chi connectivity index (χ0n) is 12.3. The van der Waals surface area contributed by atoms with Crippen molar-refractivity contribution in [3.8, 4) is 5.75 Å². The summed E-state index contributed by atoms with van der Waals surface area (Å²) in [7, 11) is 2.09. The highest BCUT2D eigenvalue weighted by Gasteiger charge is 2.14. The van der Waals surface area contributed by atoms with Gasteiger partial charge in [0.25, 0.3) is 0 Å². The molecule has 0 aliphatic carbocycles. The molecular formula is C16H22N2OS. The smallest absolute Gasteiger partial charge is 0.123 e. The summed E-state index contributed by atoms with van der Waals surface area (Å²) in [4.78, 5) is 3.56. The first-order chi connectivity index (χ1) is 9.61. The molecule has 3 nitrogen and oxygen atoms in total. The number of nitrogens with two attached hydrogens (primary N) is 1. The van der Waals surface area contributed by atoms with Crippen molar-refractivity contribution in [1.29, 1.82) is 0 Å². The Labute approximate surface area is 125 Å². The predicted molar refractivity (Wildman–Crippen MR) is 87.8 cm³/mol. The Morgan fingerprint density at radius 2 is 2.15 bits per heavy atom. The fourth-order valence-corrected chi connectivity index (χ4v) is 2.88. The summed E-state index contributed by atoms with van der Waals surface area (Å²) >= 11 is 1.77. The van der Waals surface area contributed by atoms with Gasteiger partial charge in [-0.15, -0.1) is 11.3 Å². The molecule has 1 aromatic heterocycles. The van der Waals surface area contributed by atoms with E-state index in [0.717, 1.165) is 23.5 Å². The van der Waals surface area contributed by atoms with Gasteiger partial charge in [-0.1, -0.05) is 13.0 Å². The van der Waals surface area contributed by atoms with E-state index in [1.165, 1.54) is 4.88 Å². The van der Waals surface area contributed by atoms with Crippen LogP contribution in [0.2, 0.25) is 0 Å². The van der Waals surface area contributed by atoms with Gasteiger partial charge in [-0.2, -0.15) is 0 Å². The summed E-state index contributed by atoms with van der Waals surface area (Å²) in [5, 5.41) is 2.11. The minimum absolute atomic E-state index is 0.316. The van der Waals surface area contributed by atoms with Gasteiger partial charge >= 0.3 is 0 Å². The number of hydrogen-bond acceptors (Lipinski definition) is 4. The molecule has 20 heavy (non-hydrogen) atoms. The van der Waals surface area contributed by atoms with Crippen LogP contribution in [-0.4, -0.2) is 13.7 Å². The lowest BCUT2D eigenvalue weighted by atomic mass is 10.2. The summed E-state index contributed by atoms with van der Waals surface area (Å²) in [6.07, 6.45) is 0.992. The third-order valence-corrected chi connectivity index (χ3v) is 4.37. The second-order valence-corrected chi connectivity index (χ2v) is 5.89. The van der Waals surface area contributed by atoms with E-state index in [1.807, 2.05) is 12.1 Å². The van der Waals surface area contributed by atoms with Crippen molar-refractivity contribution in [2.24, 2.45) is 0 Å². The highest BCUT2D eigenvalue weighted by atomic mass is 32.1. The first-order valence-electron chi connectivity index (χ1n) is 6.91. The highest BCUT2D eigenvalue weighted by molar-refractivity contribution is 7.10. The molecule has 1 aromatic carbocycles. The van der Waals surface area contributed by atoms with Crippen molar-refractivity contribution in [1.82, 2.24) is 0 Å². The fraction of sp³-hybridized carbons (Fsp3) is 0.375. The molecule has 0 aliphatic rings. The standard InChI is InChI=1S/C16H22N2OS/c1-4-7-19-15-10-13(17)9-14(11-15)18(3)12(2)16-6-5-8-20-16/h5-6,8-12H,4,7,17H2,1-3H3. The topological polar surface area (TPSA) is 38.5 Å². The Morgan fingerprint density at radius 1 is 1.35 bits per heavy atom. The largest absolute Gasteiger partial charge is 0.493 e. The van der Waals surface area contributed by atoms with Gasteiger partial charge in [-0.05, 0) is 30.9 Å². The maximum Gasteiger partial charge on any atom is 0.123 e. The number of thiophene rings is 1. The van der Waals surface area contributed by atoms with E-state index >= 15 is 0 Å². The SMILES string of the molecule is CCCOc1cc(N)cc(N(C)C(C)c2cccs2)c1. The Balaban J connectivity index is 2.20. The lowest BCUT2D eigenvalue weighted by Gasteiger charge is -2.27. The number of hydrogen-bond donors (Lipinski definition) is 1. The number of nitrogens with zero attached hydrogens (tertiary/aromatic N) is 1. The van der Waals surface area contributed by atoms with Crippen molar-refractivity contribution in [3.63, 3.8) is 0 Å².